The Balaban J connectivity index is 1.81. The lowest BCUT2D eigenvalue weighted by Gasteiger charge is -2.08. The molecule has 1 amide bonds. The predicted octanol–water partition coefficient (Wildman–Crippen LogP) is 2.08. The summed E-state index contributed by atoms with van der Waals surface area (Å²) in [5.74, 6) is 1.50. The molecule has 21 heavy (non-hydrogen) atoms. The van der Waals surface area contributed by atoms with Crippen LogP contribution in [0.15, 0.2) is 42.6 Å². The van der Waals surface area contributed by atoms with Crippen LogP contribution in [0.1, 0.15) is 6.92 Å². The zero-order valence-electron chi connectivity index (χ0n) is 11.7. The molecular formula is C15H17N3O3. The van der Waals surface area contributed by atoms with Crippen molar-refractivity contribution in [3.63, 3.8) is 0 Å². The van der Waals surface area contributed by atoms with E-state index in [1.54, 1.807) is 36.4 Å². The molecule has 0 aliphatic carbocycles. The minimum atomic E-state index is -0.268. The fourth-order valence-corrected chi connectivity index (χ4v) is 1.62. The summed E-state index contributed by atoms with van der Waals surface area (Å²) in [6, 6.07) is 10.4. The second-order valence-corrected chi connectivity index (χ2v) is 4.21. The van der Waals surface area contributed by atoms with E-state index in [1.807, 2.05) is 6.92 Å². The Kier molecular flexibility index (Phi) is 4.98. The number of anilines is 2. The number of aromatic nitrogens is 1. The molecule has 0 spiro atoms. The monoisotopic (exact) mass is 287 g/mol. The van der Waals surface area contributed by atoms with E-state index in [1.165, 1.54) is 6.20 Å². The van der Waals surface area contributed by atoms with E-state index < -0.39 is 0 Å². The highest BCUT2D eigenvalue weighted by Gasteiger charge is 2.04. The number of amides is 1. The molecule has 0 bridgehead atoms. The first-order valence-electron chi connectivity index (χ1n) is 6.54. The van der Waals surface area contributed by atoms with E-state index in [9.17, 15) is 4.79 Å². The molecule has 0 saturated heterocycles. The second kappa shape index (κ2) is 7.14. The number of carbonyl (C=O) groups excluding carboxylic acids is 1. The summed E-state index contributed by atoms with van der Waals surface area (Å²) in [4.78, 5) is 15.6. The second-order valence-electron chi connectivity index (χ2n) is 4.21. The number of rotatable bonds is 6. The highest BCUT2D eigenvalue weighted by Crippen LogP contribution is 2.17. The zero-order valence-corrected chi connectivity index (χ0v) is 11.7. The standard InChI is InChI=1S/C15H17N3O3/c1-2-20-12-4-6-13(7-5-12)21-10-15(19)18-11-3-8-14(16)17-9-11/h3-9H,2,10H2,1H3,(H2,16,17)(H,18,19). The van der Waals surface area contributed by atoms with Crippen molar-refractivity contribution in [2.45, 2.75) is 6.92 Å². The normalized spacial score (nSPS) is 9.95. The van der Waals surface area contributed by atoms with Gasteiger partial charge in [-0.2, -0.15) is 0 Å². The Labute approximate surface area is 122 Å². The third kappa shape index (κ3) is 4.68. The van der Waals surface area contributed by atoms with Crippen molar-refractivity contribution in [3.05, 3.63) is 42.6 Å². The van der Waals surface area contributed by atoms with E-state index in [-0.39, 0.29) is 12.5 Å². The van der Waals surface area contributed by atoms with Crippen molar-refractivity contribution < 1.29 is 14.3 Å². The van der Waals surface area contributed by atoms with Gasteiger partial charge in [0.15, 0.2) is 6.61 Å². The fraction of sp³-hybridized carbons (Fsp3) is 0.200. The minimum absolute atomic E-state index is 0.0850. The van der Waals surface area contributed by atoms with E-state index in [0.29, 0.717) is 23.9 Å². The van der Waals surface area contributed by atoms with Crippen molar-refractivity contribution in [3.8, 4) is 11.5 Å². The van der Waals surface area contributed by atoms with Gasteiger partial charge in [0.25, 0.3) is 5.91 Å². The van der Waals surface area contributed by atoms with Crippen molar-refractivity contribution >= 4 is 17.4 Å². The number of hydrogen-bond donors (Lipinski definition) is 2. The van der Waals surface area contributed by atoms with Crippen LogP contribution in [-0.2, 0) is 4.79 Å². The lowest BCUT2D eigenvalue weighted by Crippen LogP contribution is -2.20. The van der Waals surface area contributed by atoms with Crippen molar-refractivity contribution in [2.24, 2.45) is 0 Å². The van der Waals surface area contributed by atoms with Crippen LogP contribution < -0.4 is 20.5 Å². The van der Waals surface area contributed by atoms with Gasteiger partial charge in [0, 0.05) is 0 Å². The molecule has 0 aliphatic heterocycles. The Morgan fingerprint density at radius 2 is 1.81 bits per heavy atom. The number of nitrogens with zero attached hydrogens (tertiary/aromatic N) is 1. The average Bonchev–Trinajstić information content (AvgIpc) is 2.49. The van der Waals surface area contributed by atoms with Gasteiger partial charge in [0.05, 0.1) is 18.5 Å². The minimum Gasteiger partial charge on any atom is -0.494 e. The van der Waals surface area contributed by atoms with Gasteiger partial charge in [-0.3, -0.25) is 4.79 Å². The van der Waals surface area contributed by atoms with Crippen LogP contribution in [0.4, 0.5) is 11.5 Å². The molecule has 0 fully saturated rings. The smallest absolute Gasteiger partial charge is 0.262 e. The highest BCUT2D eigenvalue weighted by molar-refractivity contribution is 5.91. The van der Waals surface area contributed by atoms with Gasteiger partial charge >= 0.3 is 0 Å². The summed E-state index contributed by atoms with van der Waals surface area (Å²) in [6.07, 6.45) is 1.49. The van der Waals surface area contributed by atoms with Gasteiger partial charge in [0.1, 0.15) is 17.3 Å². The van der Waals surface area contributed by atoms with E-state index in [2.05, 4.69) is 10.3 Å². The number of nitrogens with two attached hydrogens (primary N) is 1. The molecule has 0 radical (unpaired) electrons. The lowest BCUT2D eigenvalue weighted by molar-refractivity contribution is -0.118. The third-order valence-corrected chi connectivity index (χ3v) is 2.57. The average molecular weight is 287 g/mol. The lowest BCUT2D eigenvalue weighted by atomic mass is 10.3. The van der Waals surface area contributed by atoms with Crippen LogP contribution in [0.2, 0.25) is 0 Å². The molecular weight excluding hydrogens is 270 g/mol. The predicted molar refractivity (Wildman–Crippen MR) is 80.4 cm³/mol. The number of ether oxygens (including phenoxy) is 2. The Hall–Kier alpha value is -2.76. The summed E-state index contributed by atoms with van der Waals surface area (Å²) < 4.78 is 10.7. The summed E-state index contributed by atoms with van der Waals surface area (Å²) in [5.41, 5.74) is 6.04. The van der Waals surface area contributed by atoms with Crippen LogP contribution in [0.3, 0.4) is 0 Å². The van der Waals surface area contributed by atoms with Gasteiger partial charge in [-0.25, -0.2) is 4.98 Å². The number of pyridine rings is 1. The number of nitrogen functional groups attached to an aromatic ring is 1. The first kappa shape index (κ1) is 14.6. The molecule has 1 aromatic heterocycles. The Morgan fingerprint density at radius 3 is 2.38 bits per heavy atom. The van der Waals surface area contributed by atoms with E-state index >= 15 is 0 Å². The van der Waals surface area contributed by atoms with Crippen LogP contribution in [0.25, 0.3) is 0 Å². The Bertz CT molecular complexity index is 582. The SMILES string of the molecule is CCOc1ccc(OCC(=O)Nc2ccc(N)nc2)cc1. The maximum Gasteiger partial charge on any atom is 0.262 e. The van der Waals surface area contributed by atoms with Crippen LogP contribution in [-0.4, -0.2) is 24.1 Å². The molecule has 0 atom stereocenters. The fourth-order valence-electron chi connectivity index (χ4n) is 1.62. The summed E-state index contributed by atoms with van der Waals surface area (Å²) in [7, 11) is 0. The molecule has 1 aromatic carbocycles. The molecule has 2 rings (SSSR count). The number of nitrogens with one attached hydrogen (secondary N) is 1. The van der Waals surface area contributed by atoms with Crippen molar-refractivity contribution in [1.82, 2.24) is 4.98 Å². The largest absolute Gasteiger partial charge is 0.494 e. The third-order valence-electron chi connectivity index (χ3n) is 2.57. The molecule has 2 aromatic rings. The molecule has 6 nitrogen and oxygen atoms in total. The quantitative estimate of drug-likeness (QED) is 0.849. The zero-order chi connectivity index (χ0) is 15.1. The molecule has 1 heterocycles. The molecule has 0 aliphatic rings. The molecule has 3 N–H and O–H groups in total. The van der Waals surface area contributed by atoms with Gasteiger partial charge in [-0.05, 0) is 43.3 Å². The molecule has 110 valence electrons. The molecule has 0 saturated carbocycles. The van der Waals surface area contributed by atoms with Gasteiger partial charge < -0.3 is 20.5 Å². The molecule has 6 heteroatoms. The van der Waals surface area contributed by atoms with E-state index in [0.717, 1.165) is 5.75 Å². The first-order valence-corrected chi connectivity index (χ1v) is 6.54. The van der Waals surface area contributed by atoms with Crippen LogP contribution in [0.5, 0.6) is 11.5 Å². The topological polar surface area (TPSA) is 86.5 Å². The molecule has 0 unspecified atom stereocenters. The van der Waals surface area contributed by atoms with Gasteiger partial charge in [0.2, 0.25) is 0 Å². The summed E-state index contributed by atoms with van der Waals surface area (Å²) >= 11 is 0. The summed E-state index contributed by atoms with van der Waals surface area (Å²) in [6.45, 7) is 2.44. The van der Waals surface area contributed by atoms with Gasteiger partial charge in [-0.15, -0.1) is 0 Å². The maximum atomic E-state index is 11.7. The summed E-state index contributed by atoms with van der Waals surface area (Å²) in [5, 5.41) is 2.66. The number of hydrogen-bond acceptors (Lipinski definition) is 5. The van der Waals surface area contributed by atoms with Crippen molar-refractivity contribution in [2.75, 3.05) is 24.3 Å². The van der Waals surface area contributed by atoms with Crippen molar-refractivity contribution in [1.29, 1.82) is 0 Å². The van der Waals surface area contributed by atoms with E-state index in [4.69, 9.17) is 15.2 Å². The van der Waals surface area contributed by atoms with Crippen LogP contribution >= 0.6 is 0 Å². The first-order chi connectivity index (χ1) is 10.2. The van der Waals surface area contributed by atoms with Gasteiger partial charge in [-0.1, -0.05) is 0 Å². The number of benzene rings is 1. The van der Waals surface area contributed by atoms with Crippen LogP contribution in [0, 0.1) is 0 Å². The Morgan fingerprint density at radius 1 is 1.14 bits per heavy atom. The maximum absolute atomic E-state index is 11.7. The highest BCUT2D eigenvalue weighted by atomic mass is 16.5. The number of carbonyl (C=O) groups is 1.